The van der Waals surface area contributed by atoms with Gasteiger partial charge in [-0.1, -0.05) is 0 Å². The maximum absolute atomic E-state index is 11.8. The molecule has 2 amide bonds. The fourth-order valence-electron chi connectivity index (χ4n) is 1.86. The van der Waals surface area contributed by atoms with E-state index < -0.39 is 24.1 Å². The van der Waals surface area contributed by atoms with Crippen LogP contribution in [0, 0.1) is 0 Å². The number of urea groups is 1. The molecule has 0 saturated carbocycles. The fourth-order valence-corrected chi connectivity index (χ4v) is 2.44. The molecule has 98 valence electrons. The Kier molecular flexibility index (Phi) is 5.07. The molecule has 3 N–H and O–H groups in total. The van der Waals surface area contributed by atoms with Gasteiger partial charge in [0.25, 0.3) is 0 Å². The molecule has 0 spiro atoms. The number of carboxylic acids is 1. The summed E-state index contributed by atoms with van der Waals surface area (Å²) in [6, 6.07) is -1.37. The number of carbonyl (C=O) groups is 2. The first-order valence-electron chi connectivity index (χ1n) is 5.42. The van der Waals surface area contributed by atoms with Crippen LogP contribution in [-0.4, -0.2) is 63.9 Å². The molecule has 0 aromatic carbocycles. The van der Waals surface area contributed by atoms with Crippen molar-refractivity contribution < 1.29 is 19.8 Å². The minimum absolute atomic E-state index is 0.0234. The van der Waals surface area contributed by atoms with Crippen LogP contribution in [0.5, 0.6) is 0 Å². The molecular formula is C10H18N2O4S. The van der Waals surface area contributed by atoms with Crippen molar-refractivity contribution in [3.8, 4) is 0 Å². The van der Waals surface area contributed by atoms with Crippen LogP contribution < -0.4 is 5.32 Å². The average molecular weight is 262 g/mol. The van der Waals surface area contributed by atoms with Crippen LogP contribution in [-0.2, 0) is 4.79 Å². The lowest BCUT2D eigenvalue weighted by molar-refractivity contribution is -0.141. The Hall–Kier alpha value is -0.950. The number of β-amino-alcohol motifs (C(OH)–C–C–N with tert-alkyl or cyclic N) is 1. The van der Waals surface area contributed by atoms with E-state index in [1.165, 1.54) is 4.90 Å². The van der Waals surface area contributed by atoms with E-state index in [1.807, 2.05) is 13.2 Å². The molecule has 0 radical (unpaired) electrons. The van der Waals surface area contributed by atoms with Crippen LogP contribution >= 0.6 is 11.8 Å². The summed E-state index contributed by atoms with van der Waals surface area (Å²) in [5.41, 5.74) is 0. The van der Waals surface area contributed by atoms with Crippen LogP contribution in [0.25, 0.3) is 0 Å². The molecule has 1 aliphatic rings. The lowest BCUT2D eigenvalue weighted by Crippen LogP contribution is -2.49. The standard InChI is InChI=1S/C10H18N2O4S/c1-6(5-17-2)11-10(16)12-4-7(13)3-8(12)9(14)15/h6-8,13H,3-5H2,1-2H3,(H,11,16)(H,14,15). The van der Waals surface area contributed by atoms with Crippen LogP contribution in [0.1, 0.15) is 13.3 Å². The third kappa shape index (κ3) is 3.78. The fraction of sp³-hybridized carbons (Fsp3) is 0.800. The summed E-state index contributed by atoms with van der Waals surface area (Å²) < 4.78 is 0. The third-order valence-electron chi connectivity index (χ3n) is 2.61. The molecular weight excluding hydrogens is 244 g/mol. The van der Waals surface area contributed by atoms with Crippen LogP contribution in [0.4, 0.5) is 4.79 Å². The van der Waals surface area contributed by atoms with Gasteiger partial charge in [0.05, 0.1) is 6.10 Å². The van der Waals surface area contributed by atoms with Gasteiger partial charge in [0.2, 0.25) is 0 Å². The van der Waals surface area contributed by atoms with E-state index in [0.29, 0.717) is 0 Å². The molecule has 1 saturated heterocycles. The molecule has 3 unspecified atom stereocenters. The number of hydrogen-bond donors (Lipinski definition) is 3. The molecule has 1 heterocycles. The number of aliphatic hydroxyl groups excluding tert-OH is 1. The summed E-state index contributed by atoms with van der Waals surface area (Å²) in [6.45, 7) is 1.94. The summed E-state index contributed by atoms with van der Waals surface area (Å²) in [5.74, 6) is -0.311. The van der Waals surface area contributed by atoms with E-state index in [1.54, 1.807) is 11.8 Å². The first kappa shape index (κ1) is 14.1. The van der Waals surface area contributed by atoms with E-state index in [2.05, 4.69) is 5.32 Å². The molecule has 0 aromatic heterocycles. The van der Waals surface area contributed by atoms with Gasteiger partial charge in [-0.25, -0.2) is 9.59 Å². The topological polar surface area (TPSA) is 89.9 Å². The van der Waals surface area contributed by atoms with Gasteiger partial charge in [-0.05, 0) is 13.2 Å². The molecule has 17 heavy (non-hydrogen) atoms. The van der Waals surface area contributed by atoms with Gasteiger partial charge in [-0.15, -0.1) is 0 Å². The van der Waals surface area contributed by atoms with Crippen molar-refractivity contribution in [2.75, 3.05) is 18.6 Å². The Balaban J connectivity index is 2.58. The van der Waals surface area contributed by atoms with Gasteiger partial charge < -0.3 is 20.4 Å². The number of likely N-dealkylation sites (tertiary alicyclic amines) is 1. The lowest BCUT2D eigenvalue weighted by atomic mass is 10.2. The van der Waals surface area contributed by atoms with E-state index in [9.17, 15) is 14.7 Å². The largest absolute Gasteiger partial charge is 0.480 e. The summed E-state index contributed by atoms with van der Waals surface area (Å²) >= 11 is 1.60. The van der Waals surface area contributed by atoms with Crippen molar-refractivity contribution in [2.45, 2.75) is 31.5 Å². The molecule has 0 bridgehead atoms. The highest BCUT2D eigenvalue weighted by Crippen LogP contribution is 2.18. The van der Waals surface area contributed by atoms with E-state index in [4.69, 9.17) is 5.11 Å². The zero-order chi connectivity index (χ0) is 13.0. The van der Waals surface area contributed by atoms with Gasteiger partial charge in [-0.2, -0.15) is 11.8 Å². The number of aliphatic hydroxyl groups is 1. The monoisotopic (exact) mass is 262 g/mol. The van der Waals surface area contributed by atoms with E-state index in [0.717, 1.165) is 5.75 Å². The molecule has 0 aromatic rings. The third-order valence-corrected chi connectivity index (χ3v) is 3.44. The maximum Gasteiger partial charge on any atom is 0.326 e. The van der Waals surface area contributed by atoms with E-state index in [-0.39, 0.29) is 19.0 Å². The van der Waals surface area contributed by atoms with Gasteiger partial charge in [0.1, 0.15) is 6.04 Å². The number of hydrogen-bond acceptors (Lipinski definition) is 4. The zero-order valence-corrected chi connectivity index (χ0v) is 10.7. The number of amides is 2. The Labute approximate surface area is 104 Å². The predicted molar refractivity (Wildman–Crippen MR) is 65.1 cm³/mol. The molecule has 1 aliphatic heterocycles. The summed E-state index contributed by atoms with van der Waals surface area (Å²) in [4.78, 5) is 23.9. The Morgan fingerprint density at radius 1 is 1.59 bits per heavy atom. The van der Waals surface area contributed by atoms with Crippen molar-refractivity contribution in [2.24, 2.45) is 0 Å². The van der Waals surface area contributed by atoms with Crippen LogP contribution in [0.15, 0.2) is 0 Å². The van der Waals surface area contributed by atoms with Gasteiger partial charge >= 0.3 is 12.0 Å². The highest BCUT2D eigenvalue weighted by molar-refractivity contribution is 7.98. The zero-order valence-electron chi connectivity index (χ0n) is 9.92. The van der Waals surface area contributed by atoms with Crippen molar-refractivity contribution in [1.82, 2.24) is 10.2 Å². The van der Waals surface area contributed by atoms with Crippen LogP contribution in [0.2, 0.25) is 0 Å². The summed E-state index contributed by atoms with van der Waals surface area (Å²) in [7, 11) is 0. The first-order chi connectivity index (χ1) is 7.95. The van der Waals surface area contributed by atoms with Gasteiger partial charge in [0, 0.05) is 24.8 Å². The summed E-state index contributed by atoms with van der Waals surface area (Å²) in [5, 5.41) is 21.1. The second-order valence-electron chi connectivity index (χ2n) is 4.20. The van der Waals surface area contributed by atoms with Gasteiger partial charge in [0.15, 0.2) is 0 Å². The average Bonchev–Trinajstić information content (AvgIpc) is 2.60. The Bertz CT molecular complexity index is 300. The second kappa shape index (κ2) is 6.11. The first-order valence-corrected chi connectivity index (χ1v) is 6.82. The van der Waals surface area contributed by atoms with Gasteiger partial charge in [-0.3, -0.25) is 0 Å². The highest BCUT2D eigenvalue weighted by atomic mass is 32.2. The molecule has 1 fully saturated rings. The molecule has 3 atom stereocenters. The Morgan fingerprint density at radius 3 is 2.76 bits per heavy atom. The lowest BCUT2D eigenvalue weighted by Gasteiger charge is -2.23. The summed E-state index contributed by atoms with van der Waals surface area (Å²) in [6.07, 6.45) is 1.28. The minimum atomic E-state index is -1.07. The van der Waals surface area contributed by atoms with Crippen LogP contribution in [0.3, 0.4) is 0 Å². The van der Waals surface area contributed by atoms with Crippen molar-refractivity contribution >= 4 is 23.8 Å². The smallest absolute Gasteiger partial charge is 0.326 e. The number of rotatable bonds is 4. The van der Waals surface area contributed by atoms with Crippen molar-refractivity contribution in [1.29, 1.82) is 0 Å². The molecule has 0 aliphatic carbocycles. The Morgan fingerprint density at radius 2 is 2.24 bits per heavy atom. The highest BCUT2D eigenvalue weighted by Gasteiger charge is 2.39. The normalized spacial score (nSPS) is 25.7. The number of nitrogens with zero attached hydrogens (tertiary/aromatic N) is 1. The molecule has 6 nitrogen and oxygen atoms in total. The molecule has 7 heteroatoms. The predicted octanol–water partition coefficient (Wildman–Crippen LogP) is -0.0327. The molecule has 1 rings (SSSR count). The minimum Gasteiger partial charge on any atom is -0.480 e. The number of carbonyl (C=O) groups excluding carboxylic acids is 1. The number of carboxylic acid groups (broad SMARTS) is 1. The number of nitrogens with one attached hydrogen (secondary N) is 1. The van der Waals surface area contributed by atoms with Crippen molar-refractivity contribution in [3.05, 3.63) is 0 Å². The number of thioether (sulfide) groups is 1. The second-order valence-corrected chi connectivity index (χ2v) is 5.11. The SMILES string of the molecule is CSCC(C)NC(=O)N1CC(O)CC1C(=O)O. The number of aliphatic carboxylic acids is 1. The van der Waals surface area contributed by atoms with E-state index >= 15 is 0 Å². The maximum atomic E-state index is 11.8. The van der Waals surface area contributed by atoms with Crippen molar-refractivity contribution in [3.63, 3.8) is 0 Å². The quantitative estimate of drug-likeness (QED) is 0.662.